The molecule has 0 aliphatic carbocycles. The molecule has 1 saturated heterocycles. The minimum atomic E-state index is -1.62. The number of aliphatic hydroxyl groups excluding tert-OH is 4. The lowest BCUT2D eigenvalue weighted by atomic mass is 9.99. The van der Waals surface area contributed by atoms with E-state index in [2.05, 4.69) is 0 Å². The Bertz CT molecular complexity index is 309. The smallest absolute Gasteiger partial charge is 0.334 e. The molecule has 1 heterocycles. The molecule has 9 heteroatoms. The molecule has 0 aromatic heterocycles. The monoisotopic (exact) mass is 310 g/mol. The highest BCUT2D eigenvalue weighted by Crippen LogP contribution is 2.21. The van der Waals surface area contributed by atoms with E-state index in [0.29, 0.717) is 13.2 Å². The molecule has 1 fully saturated rings. The molecular weight excluding hydrogens is 288 g/mol. The summed E-state index contributed by atoms with van der Waals surface area (Å²) >= 11 is 0. The number of ether oxygens (including phenoxy) is 4. The van der Waals surface area contributed by atoms with E-state index in [-0.39, 0.29) is 13.2 Å². The van der Waals surface area contributed by atoms with Crippen molar-refractivity contribution in [2.75, 3.05) is 33.0 Å². The Kier molecular flexibility index (Phi) is 8.04. The molecule has 0 radical (unpaired) electrons. The first-order valence-electron chi connectivity index (χ1n) is 6.66. The number of aliphatic hydroxyl groups is 4. The van der Waals surface area contributed by atoms with Gasteiger partial charge in [-0.15, -0.1) is 0 Å². The summed E-state index contributed by atoms with van der Waals surface area (Å²) in [7, 11) is 0. The molecule has 124 valence electrons. The average Bonchev–Trinajstić information content (AvgIpc) is 2.47. The Labute approximate surface area is 122 Å². The summed E-state index contributed by atoms with van der Waals surface area (Å²) in [5.41, 5.74) is 0. The highest BCUT2D eigenvalue weighted by Gasteiger charge is 2.45. The van der Waals surface area contributed by atoms with Crippen molar-refractivity contribution in [3.8, 4) is 0 Å². The van der Waals surface area contributed by atoms with Crippen molar-refractivity contribution in [2.45, 2.75) is 37.6 Å². The van der Waals surface area contributed by atoms with E-state index in [1.807, 2.05) is 6.92 Å². The van der Waals surface area contributed by atoms with E-state index < -0.39 is 43.3 Å². The number of hydrogen-bond donors (Lipinski definition) is 4. The average molecular weight is 310 g/mol. The second-order valence-electron chi connectivity index (χ2n) is 4.44. The van der Waals surface area contributed by atoms with E-state index in [1.54, 1.807) is 0 Å². The molecule has 5 atom stereocenters. The predicted octanol–water partition coefficient (Wildman–Crippen LogP) is -2.62. The highest BCUT2D eigenvalue weighted by atomic mass is 16.7. The summed E-state index contributed by atoms with van der Waals surface area (Å²) in [5, 5.41) is 37.7. The Morgan fingerprint density at radius 1 is 1.10 bits per heavy atom. The predicted molar refractivity (Wildman–Crippen MR) is 67.2 cm³/mol. The van der Waals surface area contributed by atoms with Gasteiger partial charge < -0.3 is 39.4 Å². The summed E-state index contributed by atoms with van der Waals surface area (Å²) in [6.07, 6.45) is -7.31. The lowest BCUT2D eigenvalue weighted by Crippen LogP contribution is -2.59. The summed E-state index contributed by atoms with van der Waals surface area (Å²) < 4.78 is 19.8. The molecule has 0 aromatic rings. The molecule has 9 nitrogen and oxygen atoms in total. The zero-order valence-corrected chi connectivity index (χ0v) is 11.8. The quantitative estimate of drug-likeness (QED) is 0.281. The number of carbonyl (C=O) groups excluding carboxylic acids is 1. The number of rotatable bonds is 8. The molecule has 1 unspecified atom stereocenters. The van der Waals surface area contributed by atoms with Crippen LogP contribution >= 0.6 is 0 Å². The Morgan fingerprint density at radius 2 is 1.76 bits per heavy atom. The van der Waals surface area contributed by atoms with Crippen LogP contribution in [-0.4, -0.2) is 90.1 Å². The minimum absolute atomic E-state index is 0.206. The van der Waals surface area contributed by atoms with Crippen molar-refractivity contribution in [3.05, 3.63) is 0 Å². The molecule has 0 saturated carbocycles. The van der Waals surface area contributed by atoms with Gasteiger partial charge in [-0.1, -0.05) is 0 Å². The molecule has 1 rings (SSSR count). The normalized spacial score (nSPS) is 32.9. The highest BCUT2D eigenvalue weighted by molar-refractivity contribution is 5.70. The summed E-state index contributed by atoms with van der Waals surface area (Å²) in [4.78, 5) is 11.5. The molecular formula is C12H22O9. The van der Waals surface area contributed by atoms with Crippen molar-refractivity contribution < 1.29 is 44.2 Å². The van der Waals surface area contributed by atoms with Crippen molar-refractivity contribution in [1.29, 1.82) is 0 Å². The summed E-state index contributed by atoms with van der Waals surface area (Å²) in [6.45, 7) is 1.94. The van der Waals surface area contributed by atoms with Gasteiger partial charge in [-0.3, -0.25) is 0 Å². The summed E-state index contributed by atoms with van der Waals surface area (Å²) in [6, 6.07) is 0. The van der Waals surface area contributed by atoms with E-state index >= 15 is 0 Å². The Balaban J connectivity index is 2.36. The van der Waals surface area contributed by atoms with Gasteiger partial charge in [0.2, 0.25) is 6.29 Å². The number of hydrogen-bond acceptors (Lipinski definition) is 9. The molecule has 1 aliphatic heterocycles. The zero-order valence-electron chi connectivity index (χ0n) is 11.8. The molecule has 0 spiro atoms. The summed E-state index contributed by atoms with van der Waals surface area (Å²) in [5.74, 6) is -0.809. The van der Waals surface area contributed by atoms with Gasteiger partial charge in [0.25, 0.3) is 0 Å². The third-order valence-corrected chi connectivity index (χ3v) is 2.89. The van der Waals surface area contributed by atoms with Crippen LogP contribution in [0.15, 0.2) is 0 Å². The van der Waals surface area contributed by atoms with Crippen LogP contribution in [0.4, 0.5) is 0 Å². The van der Waals surface area contributed by atoms with Crippen LogP contribution in [0.3, 0.4) is 0 Å². The standard InChI is InChI=1S/C12H22O9/c1-2-18-3-4-19-6-8(14)21-12-11(17)10(16)9(15)7(5-13)20-12/h7,9-13,15-17H,2-6H2,1H3/t7-,9+,10+,11-,12?/m1/s1. The van der Waals surface area contributed by atoms with Crippen LogP contribution in [0.1, 0.15) is 6.92 Å². The second kappa shape index (κ2) is 9.26. The molecule has 0 bridgehead atoms. The van der Waals surface area contributed by atoms with Crippen molar-refractivity contribution in [2.24, 2.45) is 0 Å². The number of esters is 1. The maximum atomic E-state index is 11.5. The van der Waals surface area contributed by atoms with Crippen LogP contribution in [0.5, 0.6) is 0 Å². The molecule has 0 amide bonds. The van der Waals surface area contributed by atoms with Crippen LogP contribution < -0.4 is 0 Å². The largest absolute Gasteiger partial charge is 0.431 e. The van der Waals surface area contributed by atoms with Crippen LogP contribution in [0.2, 0.25) is 0 Å². The first-order chi connectivity index (χ1) is 10.0. The third-order valence-electron chi connectivity index (χ3n) is 2.89. The first-order valence-corrected chi connectivity index (χ1v) is 6.66. The van der Waals surface area contributed by atoms with Gasteiger partial charge in [-0.2, -0.15) is 0 Å². The minimum Gasteiger partial charge on any atom is -0.431 e. The Morgan fingerprint density at radius 3 is 2.38 bits per heavy atom. The van der Waals surface area contributed by atoms with E-state index in [0.717, 1.165) is 0 Å². The molecule has 1 aliphatic rings. The van der Waals surface area contributed by atoms with Gasteiger partial charge in [0.1, 0.15) is 31.0 Å². The van der Waals surface area contributed by atoms with Crippen LogP contribution in [0.25, 0.3) is 0 Å². The van der Waals surface area contributed by atoms with Gasteiger partial charge in [0.15, 0.2) is 0 Å². The van der Waals surface area contributed by atoms with Crippen molar-refractivity contribution >= 4 is 5.97 Å². The van der Waals surface area contributed by atoms with Crippen molar-refractivity contribution in [3.63, 3.8) is 0 Å². The second-order valence-corrected chi connectivity index (χ2v) is 4.44. The van der Waals surface area contributed by atoms with Gasteiger partial charge in [0, 0.05) is 6.61 Å². The van der Waals surface area contributed by atoms with E-state index in [4.69, 9.17) is 24.1 Å². The SMILES string of the molecule is CCOCCOCC(=O)OC1O[C@H](CO)[C@H](O)[C@H](O)[C@H]1O. The number of carbonyl (C=O) groups is 1. The molecule has 21 heavy (non-hydrogen) atoms. The van der Waals surface area contributed by atoms with Crippen LogP contribution in [-0.2, 0) is 23.7 Å². The van der Waals surface area contributed by atoms with Gasteiger partial charge in [-0.25, -0.2) is 4.79 Å². The zero-order chi connectivity index (χ0) is 15.8. The third kappa shape index (κ3) is 5.47. The fourth-order valence-corrected chi connectivity index (χ4v) is 1.75. The van der Waals surface area contributed by atoms with Crippen molar-refractivity contribution in [1.82, 2.24) is 0 Å². The van der Waals surface area contributed by atoms with Gasteiger partial charge in [0.05, 0.1) is 19.8 Å². The van der Waals surface area contributed by atoms with Gasteiger partial charge in [-0.05, 0) is 6.92 Å². The van der Waals surface area contributed by atoms with E-state index in [9.17, 15) is 20.1 Å². The lowest BCUT2D eigenvalue weighted by molar-refractivity contribution is -0.293. The molecule has 4 N–H and O–H groups in total. The van der Waals surface area contributed by atoms with Gasteiger partial charge >= 0.3 is 5.97 Å². The topological polar surface area (TPSA) is 135 Å². The van der Waals surface area contributed by atoms with E-state index in [1.165, 1.54) is 0 Å². The van der Waals surface area contributed by atoms with Crippen LogP contribution in [0, 0.1) is 0 Å². The lowest BCUT2D eigenvalue weighted by Gasteiger charge is -2.39. The fraction of sp³-hybridized carbons (Fsp3) is 0.917. The maximum absolute atomic E-state index is 11.5. The maximum Gasteiger partial charge on any atom is 0.334 e. The first kappa shape index (κ1) is 18.2. The fourth-order valence-electron chi connectivity index (χ4n) is 1.75. The Hall–Kier alpha value is -0.810. The molecule has 0 aromatic carbocycles.